The number of Topliss-reactive ketones (excluding diaryl/α,β-unsaturated/α-hetero) is 1. The Morgan fingerprint density at radius 3 is 2.89 bits per heavy atom. The zero-order valence-corrected chi connectivity index (χ0v) is 11.3. The quantitative estimate of drug-likeness (QED) is 0.879. The van der Waals surface area contributed by atoms with E-state index in [0.29, 0.717) is 5.78 Å². The molecule has 1 aliphatic carbocycles. The standard InChI is InChI=1S/C15H20N2O2/c1-19-13-2-3-14-11(9-13)8-12(15(14)18)10-17-6-4-16-5-7-17/h2-3,9,12,16H,4-8,10H2,1H3. The molecule has 1 aromatic rings. The van der Waals surface area contributed by atoms with Gasteiger partial charge < -0.3 is 15.0 Å². The lowest BCUT2D eigenvalue weighted by Crippen LogP contribution is -2.46. The number of piperazine rings is 1. The van der Waals surface area contributed by atoms with E-state index < -0.39 is 0 Å². The summed E-state index contributed by atoms with van der Waals surface area (Å²) in [5.41, 5.74) is 2.03. The molecule has 1 unspecified atom stereocenters. The maximum Gasteiger partial charge on any atom is 0.167 e. The number of nitrogens with zero attached hydrogens (tertiary/aromatic N) is 1. The van der Waals surface area contributed by atoms with Gasteiger partial charge in [-0.15, -0.1) is 0 Å². The van der Waals surface area contributed by atoms with E-state index in [4.69, 9.17) is 4.74 Å². The van der Waals surface area contributed by atoms with Gasteiger partial charge in [0.25, 0.3) is 0 Å². The molecule has 1 atom stereocenters. The summed E-state index contributed by atoms with van der Waals surface area (Å²) < 4.78 is 5.23. The van der Waals surface area contributed by atoms with E-state index in [9.17, 15) is 4.79 Å². The van der Waals surface area contributed by atoms with Crippen molar-refractivity contribution in [1.82, 2.24) is 10.2 Å². The zero-order chi connectivity index (χ0) is 13.2. The predicted octanol–water partition coefficient (Wildman–Crippen LogP) is 0.955. The van der Waals surface area contributed by atoms with Crippen molar-refractivity contribution < 1.29 is 9.53 Å². The van der Waals surface area contributed by atoms with Gasteiger partial charge in [0.05, 0.1) is 7.11 Å². The molecular weight excluding hydrogens is 240 g/mol. The molecular formula is C15H20N2O2. The van der Waals surface area contributed by atoms with E-state index in [-0.39, 0.29) is 5.92 Å². The first-order valence-corrected chi connectivity index (χ1v) is 6.92. The second kappa shape index (κ2) is 5.31. The van der Waals surface area contributed by atoms with Gasteiger partial charge in [0, 0.05) is 44.2 Å². The summed E-state index contributed by atoms with van der Waals surface area (Å²) in [6, 6.07) is 5.79. The number of ketones is 1. The van der Waals surface area contributed by atoms with Crippen LogP contribution < -0.4 is 10.1 Å². The average Bonchev–Trinajstić information content (AvgIpc) is 2.76. The van der Waals surface area contributed by atoms with Crippen LogP contribution >= 0.6 is 0 Å². The molecule has 19 heavy (non-hydrogen) atoms. The molecule has 1 aromatic carbocycles. The first kappa shape index (κ1) is 12.6. The third-order valence-electron chi connectivity index (χ3n) is 4.10. The van der Waals surface area contributed by atoms with Crippen LogP contribution in [0.2, 0.25) is 0 Å². The molecule has 0 spiro atoms. The lowest BCUT2D eigenvalue weighted by molar-refractivity contribution is 0.0893. The molecule has 0 amide bonds. The molecule has 0 bridgehead atoms. The number of carbonyl (C=O) groups excluding carboxylic acids is 1. The van der Waals surface area contributed by atoms with Gasteiger partial charge in [-0.25, -0.2) is 0 Å². The highest BCUT2D eigenvalue weighted by atomic mass is 16.5. The molecule has 1 N–H and O–H groups in total. The van der Waals surface area contributed by atoms with Gasteiger partial charge in [-0.1, -0.05) is 0 Å². The van der Waals surface area contributed by atoms with Crippen LogP contribution in [-0.2, 0) is 6.42 Å². The van der Waals surface area contributed by atoms with Crippen molar-refractivity contribution in [1.29, 1.82) is 0 Å². The Hall–Kier alpha value is -1.39. The molecule has 3 rings (SSSR count). The highest BCUT2D eigenvalue weighted by Crippen LogP contribution is 2.30. The Kier molecular flexibility index (Phi) is 3.53. The topological polar surface area (TPSA) is 41.6 Å². The number of benzene rings is 1. The van der Waals surface area contributed by atoms with Crippen molar-refractivity contribution >= 4 is 5.78 Å². The van der Waals surface area contributed by atoms with Gasteiger partial charge in [0.2, 0.25) is 0 Å². The van der Waals surface area contributed by atoms with Gasteiger partial charge >= 0.3 is 0 Å². The van der Waals surface area contributed by atoms with E-state index in [1.165, 1.54) is 0 Å². The third kappa shape index (κ3) is 2.51. The molecule has 4 nitrogen and oxygen atoms in total. The van der Waals surface area contributed by atoms with Crippen LogP contribution in [0.4, 0.5) is 0 Å². The largest absolute Gasteiger partial charge is 0.497 e. The van der Waals surface area contributed by atoms with Crippen molar-refractivity contribution in [2.45, 2.75) is 6.42 Å². The number of hydrogen-bond acceptors (Lipinski definition) is 4. The first-order chi connectivity index (χ1) is 9.28. The molecule has 0 radical (unpaired) electrons. The molecule has 0 saturated carbocycles. The Bertz CT molecular complexity index is 481. The monoisotopic (exact) mass is 260 g/mol. The van der Waals surface area contributed by atoms with Crippen molar-refractivity contribution in [2.75, 3.05) is 39.8 Å². The third-order valence-corrected chi connectivity index (χ3v) is 4.10. The number of nitrogens with one attached hydrogen (secondary N) is 1. The summed E-state index contributed by atoms with van der Waals surface area (Å²) >= 11 is 0. The molecule has 4 heteroatoms. The van der Waals surface area contributed by atoms with Crippen molar-refractivity contribution in [3.8, 4) is 5.75 Å². The van der Waals surface area contributed by atoms with Gasteiger partial charge in [-0.3, -0.25) is 4.79 Å². The van der Waals surface area contributed by atoms with E-state index in [2.05, 4.69) is 10.2 Å². The van der Waals surface area contributed by atoms with E-state index in [1.807, 2.05) is 18.2 Å². The maximum atomic E-state index is 12.4. The van der Waals surface area contributed by atoms with Crippen molar-refractivity contribution in [3.63, 3.8) is 0 Å². The van der Waals surface area contributed by atoms with E-state index in [0.717, 1.165) is 56.0 Å². The molecule has 2 aliphatic rings. The maximum absolute atomic E-state index is 12.4. The lowest BCUT2D eigenvalue weighted by atomic mass is 10.0. The van der Waals surface area contributed by atoms with Crippen molar-refractivity contribution in [2.24, 2.45) is 5.92 Å². The fourth-order valence-corrected chi connectivity index (χ4v) is 3.04. The highest BCUT2D eigenvalue weighted by molar-refractivity contribution is 6.02. The summed E-state index contributed by atoms with van der Waals surface area (Å²) in [4.78, 5) is 14.8. The number of rotatable bonds is 3. The zero-order valence-electron chi connectivity index (χ0n) is 11.3. The van der Waals surface area contributed by atoms with Crippen LogP contribution in [0.3, 0.4) is 0 Å². The Morgan fingerprint density at radius 1 is 1.37 bits per heavy atom. The van der Waals surface area contributed by atoms with E-state index >= 15 is 0 Å². The fourth-order valence-electron chi connectivity index (χ4n) is 3.04. The molecule has 1 heterocycles. The van der Waals surface area contributed by atoms with Crippen LogP contribution in [0.5, 0.6) is 5.75 Å². The summed E-state index contributed by atoms with van der Waals surface area (Å²) in [6.07, 6.45) is 0.856. The SMILES string of the molecule is COc1ccc2c(c1)CC(CN1CCNCC1)C2=O. The summed E-state index contributed by atoms with van der Waals surface area (Å²) in [6.45, 7) is 5.04. The number of fused-ring (bicyclic) bond motifs is 1. The number of ether oxygens (including phenoxy) is 1. The molecule has 1 fully saturated rings. The van der Waals surface area contributed by atoms with Gasteiger partial charge in [-0.05, 0) is 30.2 Å². The molecule has 1 aliphatic heterocycles. The highest BCUT2D eigenvalue weighted by Gasteiger charge is 2.32. The normalized spacial score (nSPS) is 23.4. The number of hydrogen-bond donors (Lipinski definition) is 1. The van der Waals surface area contributed by atoms with Gasteiger partial charge in [0.15, 0.2) is 5.78 Å². The minimum absolute atomic E-state index is 0.125. The summed E-state index contributed by atoms with van der Waals surface area (Å²) in [7, 11) is 1.66. The Morgan fingerprint density at radius 2 is 2.16 bits per heavy atom. The van der Waals surface area contributed by atoms with Crippen LogP contribution in [-0.4, -0.2) is 50.5 Å². The van der Waals surface area contributed by atoms with Gasteiger partial charge in [-0.2, -0.15) is 0 Å². The molecule has 0 aromatic heterocycles. The second-order valence-electron chi connectivity index (χ2n) is 5.34. The Balaban J connectivity index is 1.71. The Labute approximate surface area is 113 Å². The summed E-state index contributed by atoms with van der Waals surface area (Å²) in [5.74, 6) is 1.27. The fraction of sp³-hybridized carbons (Fsp3) is 0.533. The van der Waals surface area contributed by atoms with Gasteiger partial charge in [0.1, 0.15) is 5.75 Å². The minimum atomic E-state index is 0.125. The molecule has 1 saturated heterocycles. The first-order valence-electron chi connectivity index (χ1n) is 6.92. The predicted molar refractivity (Wildman–Crippen MR) is 73.8 cm³/mol. The van der Waals surface area contributed by atoms with Crippen molar-refractivity contribution in [3.05, 3.63) is 29.3 Å². The summed E-state index contributed by atoms with van der Waals surface area (Å²) in [5, 5.41) is 3.34. The average molecular weight is 260 g/mol. The molecule has 102 valence electrons. The second-order valence-corrected chi connectivity index (χ2v) is 5.34. The van der Waals surface area contributed by atoms with Crippen LogP contribution in [0.25, 0.3) is 0 Å². The number of methoxy groups -OCH3 is 1. The smallest absolute Gasteiger partial charge is 0.167 e. The lowest BCUT2D eigenvalue weighted by Gasteiger charge is -2.28. The van der Waals surface area contributed by atoms with E-state index in [1.54, 1.807) is 7.11 Å². The van der Waals surface area contributed by atoms with Crippen LogP contribution in [0.1, 0.15) is 15.9 Å². The number of carbonyl (C=O) groups is 1. The minimum Gasteiger partial charge on any atom is -0.497 e. The van der Waals surface area contributed by atoms with Crippen LogP contribution in [0, 0.1) is 5.92 Å². The van der Waals surface area contributed by atoms with Crippen LogP contribution in [0.15, 0.2) is 18.2 Å².